The lowest BCUT2D eigenvalue weighted by Crippen LogP contribution is -2.22. The predicted molar refractivity (Wildman–Crippen MR) is 86.9 cm³/mol. The summed E-state index contributed by atoms with van der Waals surface area (Å²) in [6, 6.07) is 10.9. The monoisotopic (exact) mass is 268 g/mol. The summed E-state index contributed by atoms with van der Waals surface area (Å²) in [6.45, 7) is 9.07. The number of rotatable bonds is 7. The van der Waals surface area contributed by atoms with Gasteiger partial charge in [-0.15, -0.1) is 6.58 Å². The van der Waals surface area contributed by atoms with Gasteiger partial charge in [0.1, 0.15) is 0 Å². The Balaban J connectivity index is 2.29. The lowest BCUT2D eigenvalue weighted by atomic mass is 10.0. The molecule has 2 heteroatoms. The van der Waals surface area contributed by atoms with Crippen LogP contribution in [0.25, 0.3) is 10.9 Å². The van der Waals surface area contributed by atoms with Crippen LogP contribution < -0.4 is 5.32 Å². The van der Waals surface area contributed by atoms with Crippen molar-refractivity contribution in [3.63, 3.8) is 0 Å². The zero-order chi connectivity index (χ0) is 14.4. The Kier molecular flexibility index (Phi) is 5.31. The third-order valence-corrected chi connectivity index (χ3v) is 3.65. The van der Waals surface area contributed by atoms with Crippen LogP contribution in [0.2, 0.25) is 0 Å². The maximum Gasteiger partial charge on any atom is 0.0708 e. The highest BCUT2D eigenvalue weighted by Crippen LogP contribution is 2.23. The van der Waals surface area contributed by atoms with Crippen LogP contribution in [0.4, 0.5) is 0 Å². The summed E-state index contributed by atoms with van der Waals surface area (Å²) < 4.78 is 0. The molecular formula is C18H24N2. The molecule has 1 atom stereocenters. The van der Waals surface area contributed by atoms with Crippen molar-refractivity contribution in [2.75, 3.05) is 6.54 Å². The van der Waals surface area contributed by atoms with E-state index >= 15 is 0 Å². The highest BCUT2D eigenvalue weighted by Gasteiger charge is 2.13. The van der Waals surface area contributed by atoms with Crippen LogP contribution in [0.15, 0.2) is 43.0 Å². The molecule has 0 spiro atoms. The van der Waals surface area contributed by atoms with Crippen LogP contribution in [0.1, 0.15) is 43.5 Å². The molecule has 0 amide bonds. The summed E-state index contributed by atoms with van der Waals surface area (Å²) in [5.74, 6) is 0. The first kappa shape index (κ1) is 14.7. The van der Waals surface area contributed by atoms with E-state index in [1.807, 2.05) is 6.08 Å². The average Bonchev–Trinajstić information content (AvgIpc) is 2.46. The van der Waals surface area contributed by atoms with Crippen LogP contribution in [0, 0.1) is 6.92 Å². The summed E-state index contributed by atoms with van der Waals surface area (Å²) in [5, 5.41) is 4.80. The molecule has 1 unspecified atom stereocenters. The molecule has 0 saturated carbocycles. The van der Waals surface area contributed by atoms with Crippen molar-refractivity contribution < 1.29 is 0 Å². The first-order chi connectivity index (χ1) is 9.76. The van der Waals surface area contributed by atoms with Crippen molar-refractivity contribution in [2.24, 2.45) is 0 Å². The predicted octanol–water partition coefficient (Wildman–Crippen LogP) is 4.55. The van der Waals surface area contributed by atoms with Gasteiger partial charge in [-0.05, 0) is 50.4 Å². The molecule has 0 fully saturated rings. The maximum atomic E-state index is 4.85. The molecule has 1 aromatic carbocycles. The largest absolute Gasteiger partial charge is 0.309 e. The number of benzene rings is 1. The molecule has 2 aromatic rings. The quantitative estimate of drug-likeness (QED) is 0.588. The first-order valence-electron chi connectivity index (χ1n) is 7.46. The molecule has 1 aromatic heterocycles. The minimum Gasteiger partial charge on any atom is -0.309 e. The van der Waals surface area contributed by atoms with Crippen molar-refractivity contribution in [1.29, 1.82) is 0 Å². The number of aromatic nitrogens is 1. The molecule has 106 valence electrons. The van der Waals surface area contributed by atoms with Gasteiger partial charge in [-0.1, -0.05) is 31.2 Å². The number of fused-ring (bicyclic) bond motifs is 1. The second-order valence-corrected chi connectivity index (χ2v) is 5.21. The number of hydrogen-bond donors (Lipinski definition) is 1. The molecule has 0 aliphatic carbocycles. The first-order valence-corrected chi connectivity index (χ1v) is 7.46. The topological polar surface area (TPSA) is 24.9 Å². The van der Waals surface area contributed by atoms with Crippen molar-refractivity contribution >= 4 is 10.9 Å². The van der Waals surface area contributed by atoms with Gasteiger partial charge in [-0.2, -0.15) is 0 Å². The zero-order valence-corrected chi connectivity index (χ0v) is 12.5. The Bertz CT molecular complexity index is 575. The average molecular weight is 268 g/mol. The van der Waals surface area contributed by atoms with E-state index in [2.05, 4.69) is 56.1 Å². The lowest BCUT2D eigenvalue weighted by Gasteiger charge is -2.18. The maximum absolute atomic E-state index is 4.85. The highest BCUT2D eigenvalue weighted by molar-refractivity contribution is 5.82. The molecule has 0 aliphatic heterocycles. The molecule has 1 N–H and O–H groups in total. The number of nitrogens with one attached hydrogen (secondary N) is 1. The normalized spacial score (nSPS) is 12.5. The highest BCUT2D eigenvalue weighted by atomic mass is 14.9. The van der Waals surface area contributed by atoms with Crippen LogP contribution in [0.5, 0.6) is 0 Å². The van der Waals surface area contributed by atoms with Gasteiger partial charge < -0.3 is 5.32 Å². The second kappa shape index (κ2) is 7.20. The molecule has 0 saturated heterocycles. The molecule has 1 heterocycles. The number of nitrogens with zero attached hydrogens (tertiary/aromatic N) is 1. The van der Waals surface area contributed by atoms with E-state index in [0.29, 0.717) is 6.04 Å². The van der Waals surface area contributed by atoms with E-state index in [1.165, 1.54) is 10.9 Å². The van der Waals surface area contributed by atoms with Crippen molar-refractivity contribution in [2.45, 2.75) is 39.2 Å². The van der Waals surface area contributed by atoms with Crippen LogP contribution in [-0.2, 0) is 0 Å². The van der Waals surface area contributed by atoms with Crippen molar-refractivity contribution in [1.82, 2.24) is 10.3 Å². The number of pyridine rings is 1. The summed E-state index contributed by atoms with van der Waals surface area (Å²) in [4.78, 5) is 4.85. The van der Waals surface area contributed by atoms with Gasteiger partial charge in [-0.3, -0.25) is 4.98 Å². The Morgan fingerprint density at radius 3 is 2.90 bits per heavy atom. The van der Waals surface area contributed by atoms with Crippen LogP contribution in [-0.4, -0.2) is 11.5 Å². The smallest absolute Gasteiger partial charge is 0.0708 e. The van der Waals surface area contributed by atoms with E-state index in [4.69, 9.17) is 4.98 Å². The van der Waals surface area contributed by atoms with Crippen molar-refractivity contribution in [3.05, 3.63) is 54.2 Å². The Hall–Kier alpha value is -1.67. The molecule has 0 aliphatic rings. The summed E-state index contributed by atoms with van der Waals surface area (Å²) in [7, 11) is 0. The van der Waals surface area contributed by atoms with Gasteiger partial charge in [0.2, 0.25) is 0 Å². The molecule has 20 heavy (non-hydrogen) atoms. The molecular weight excluding hydrogens is 244 g/mol. The summed E-state index contributed by atoms with van der Waals surface area (Å²) in [5.41, 5.74) is 3.55. The Morgan fingerprint density at radius 1 is 1.35 bits per heavy atom. The summed E-state index contributed by atoms with van der Waals surface area (Å²) >= 11 is 0. The van der Waals surface area contributed by atoms with Gasteiger partial charge in [0.05, 0.1) is 11.2 Å². The number of para-hydroxylation sites is 1. The third kappa shape index (κ3) is 3.45. The lowest BCUT2D eigenvalue weighted by molar-refractivity contribution is 0.491. The fourth-order valence-electron chi connectivity index (χ4n) is 2.62. The van der Waals surface area contributed by atoms with Crippen LogP contribution >= 0.6 is 0 Å². The van der Waals surface area contributed by atoms with Crippen molar-refractivity contribution in [3.8, 4) is 0 Å². The number of unbranched alkanes of at least 4 members (excludes halogenated alkanes) is 1. The van der Waals surface area contributed by atoms with E-state index < -0.39 is 0 Å². The van der Waals surface area contributed by atoms with Gasteiger partial charge >= 0.3 is 0 Å². The minimum absolute atomic E-state index is 0.336. The van der Waals surface area contributed by atoms with Gasteiger partial charge in [0.15, 0.2) is 0 Å². The Labute approximate surface area is 121 Å². The van der Waals surface area contributed by atoms with E-state index in [1.54, 1.807) is 0 Å². The second-order valence-electron chi connectivity index (χ2n) is 5.21. The number of aryl methyl sites for hydroxylation is 1. The van der Waals surface area contributed by atoms with E-state index in [0.717, 1.165) is 37.0 Å². The molecule has 0 radical (unpaired) electrons. The van der Waals surface area contributed by atoms with Gasteiger partial charge in [0.25, 0.3) is 0 Å². The van der Waals surface area contributed by atoms with Gasteiger partial charge in [-0.25, -0.2) is 0 Å². The molecule has 0 bridgehead atoms. The SMILES string of the molecule is C=CCCCC(NCC)c1cc(C)c2ccccc2n1. The third-order valence-electron chi connectivity index (χ3n) is 3.65. The Morgan fingerprint density at radius 2 is 2.15 bits per heavy atom. The minimum atomic E-state index is 0.336. The van der Waals surface area contributed by atoms with Gasteiger partial charge in [0, 0.05) is 11.4 Å². The zero-order valence-electron chi connectivity index (χ0n) is 12.5. The van der Waals surface area contributed by atoms with E-state index in [9.17, 15) is 0 Å². The fourth-order valence-corrected chi connectivity index (χ4v) is 2.62. The standard InChI is InChI=1S/C18H24N2/c1-4-6-7-12-17(19-5-2)18-13-14(3)15-10-8-9-11-16(15)20-18/h4,8-11,13,17,19H,1,5-7,12H2,2-3H3. The summed E-state index contributed by atoms with van der Waals surface area (Å²) in [6.07, 6.45) is 5.30. The van der Waals surface area contributed by atoms with Crippen LogP contribution in [0.3, 0.4) is 0 Å². The number of allylic oxidation sites excluding steroid dienone is 1. The number of hydrogen-bond acceptors (Lipinski definition) is 2. The molecule has 2 rings (SSSR count). The van der Waals surface area contributed by atoms with E-state index in [-0.39, 0.29) is 0 Å². The molecule has 2 nitrogen and oxygen atoms in total. The fraction of sp³-hybridized carbons (Fsp3) is 0.389.